The van der Waals surface area contributed by atoms with Gasteiger partial charge in [-0.1, -0.05) is 30.3 Å². The van der Waals surface area contributed by atoms with Crippen LogP contribution >= 0.6 is 11.3 Å². The molecule has 0 N–H and O–H groups in total. The zero-order chi connectivity index (χ0) is 15.6. The standard InChI is InChI=1S/C16H20N2O2S2/c1-18(14-7-9-22(19,20)10-8-14)11-16-17-15(12-21-16)13-5-3-2-4-6-13/h2-6,12,14H,7-11H2,1H3. The van der Waals surface area contributed by atoms with Crippen molar-refractivity contribution in [2.75, 3.05) is 18.6 Å². The maximum Gasteiger partial charge on any atom is 0.150 e. The van der Waals surface area contributed by atoms with Crippen LogP contribution in [0.15, 0.2) is 35.7 Å². The first-order valence-corrected chi connectivity index (χ1v) is 10.1. The van der Waals surface area contributed by atoms with E-state index in [9.17, 15) is 8.42 Å². The Balaban J connectivity index is 1.63. The minimum atomic E-state index is -2.79. The Morgan fingerprint density at radius 2 is 1.91 bits per heavy atom. The van der Waals surface area contributed by atoms with Gasteiger partial charge < -0.3 is 0 Å². The van der Waals surface area contributed by atoms with E-state index in [0.29, 0.717) is 17.5 Å². The lowest BCUT2D eigenvalue weighted by molar-refractivity contribution is 0.218. The van der Waals surface area contributed by atoms with Crippen molar-refractivity contribution in [1.29, 1.82) is 0 Å². The molecule has 1 fully saturated rings. The van der Waals surface area contributed by atoms with Gasteiger partial charge in [0.25, 0.3) is 0 Å². The molecule has 0 unspecified atom stereocenters. The van der Waals surface area contributed by atoms with E-state index in [1.165, 1.54) is 0 Å². The quantitative estimate of drug-likeness (QED) is 0.861. The van der Waals surface area contributed by atoms with E-state index in [0.717, 1.165) is 35.7 Å². The Morgan fingerprint density at radius 1 is 1.23 bits per heavy atom. The van der Waals surface area contributed by atoms with Crippen LogP contribution in [0.1, 0.15) is 17.8 Å². The van der Waals surface area contributed by atoms with Gasteiger partial charge >= 0.3 is 0 Å². The molecule has 2 heterocycles. The van der Waals surface area contributed by atoms with E-state index in [4.69, 9.17) is 4.98 Å². The number of thiazole rings is 1. The first kappa shape index (κ1) is 15.6. The molecular formula is C16H20N2O2S2. The van der Waals surface area contributed by atoms with Gasteiger partial charge in [-0.25, -0.2) is 13.4 Å². The number of rotatable bonds is 4. The van der Waals surface area contributed by atoms with Gasteiger partial charge in [0.05, 0.1) is 23.7 Å². The second-order valence-corrected chi connectivity index (χ2v) is 9.04. The van der Waals surface area contributed by atoms with Crippen molar-refractivity contribution in [3.8, 4) is 11.3 Å². The number of hydrogen-bond donors (Lipinski definition) is 0. The molecule has 1 aliphatic heterocycles. The maximum absolute atomic E-state index is 11.5. The van der Waals surface area contributed by atoms with Crippen molar-refractivity contribution >= 4 is 21.2 Å². The molecular weight excluding hydrogens is 316 g/mol. The number of benzene rings is 1. The summed E-state index contributed by atoms with van der Waals surface area (Å²) in [5.41, 5.74) is 2.15. The molecule has 3 rings (SSSR count). The van der Waals surface area contributed by atoms with Crippen LogP contribution in [-0.2, 0) is 16.4 Å². The summed E-state index contributed by atoms with van der Waals surface area (Å²) in [4.78, 5) is 6.94. The zero-order valence-electron chi connectivity index (χ0n) is 12.6. The Labute approximate surface area is 135 Å². The summed E-state index contributed by atoms with van der Waals surface area (Å²) in [5, 5.41) is 3.17. The van der Waals surface area contributed by atoms with Crippen molar-refractivity contribution in [2.45, 2.75) is 25.4 Å². The smallest absolute Gasteiger partial charge is 0.150 e. The zero-order valence-corrected chi connectivity index (χ0v) is 14.2. The van der Waals surface area contributed by atoms with Crippen molar-refractivity contribution in [2.24, 2.45) is 0 Å². The average Bonchev–Trinajstić information content (AvgIpc) is 2.96. The minimum absolute atomic E-state index is 0.315. The Hall–Kier alpha value is -1.24. The second-order valence-electron chi connectivity index (χ2n) is 5.79. The molecule has 0 bridgehead atoms. The fraction of sp³-hybridized carbons (Fsp3) is 0.438. The van der Waals surface area contributed by atoms with Gasteiger partial charge in [-0.05, 0) is 19.9 Å². The molecule has 1 aromatic heterocycles. The normalized spacial score (nSPS) is 18.6. The number of hydrogen-bond acceptors (Lipinski definition) is 5. The third kappa shape index (κ3) is 3.74. The van der Waals surface area contributed by atoms with Crippen LogP contribution < -0.4 is 0 Å². The van der Waals surface area contributed by atoms with E-state index in [1.807, 2.05) is 18.2 Å². The van der Waals surface area contributed by atoms with Gasteiger partial charge in [-0.3, -0.25) is 4.90 Å². The van der Waals surface area contributed by atoms with Gasteiger partial charge in [0.1, 0.15) is 14.8 Å². The van der Waals surface area contributed by atoms with Crippen LogP contribution in [-0.4, -0.2) is 42.9 Å². The highest BCUT2D eigenvalue weighted by Crippen LogP contribution is 2.24. The van der Waals surface area contributed by atoms with Crippen LogP contribution in [0.4, 0.5) is 0 Å². The molecule has 0 amide bonds. The number of aromatic nitrogens is 1. The Morgan fingerprint density at radius 3 is 2.59 bits per heavy atom. The molecule has 22 heavy (non-hydrogen) atoms. The fourth-order valence-corrected chi connectivity index (χ4v) is 5.12. The molecule has 0 aliphatic carbocycles. The maximum atomic E-state index is 11.5. The van der Waals surface area contributed by atoms with E-state index in [2.05, 4.69) is 29.5 Å². The summed E-state index contributed by atoms with van der Waals surface area (Å²) in [5.74, 6) is 0.629. The summed E-state index contributed by atoms with van der Waals surface area (Å²) in [6.07, 6.45) is 1.46. The van der Waals surface area contributed by atoms with Crippen LogP contribution in [0.2, 0.25) is 0 Å². The SMILES string of the molecule is CN(Cc1nc(-c2ccccc2)cs1)C1CCS(=O)(=O)CC1. The lowest BCUT2D eigenvalue weighted by atomic mass is 10.1. The van der Waals surface area contributed by atoms with Crippen LogP contribution in [0.5, 0.6) is 0 Å². The summed E-state index contributed by atoms with van der Waals surface area (Å²) in [6, 6.07) is 10.5. The number of sulfone groups is 1. The molecule has 1 aromatic carbocycles. The summed E-state index contributed by atoms with van der Waals surface area (Å²) in [7, 11) is -0.732. The topological polar surface area (TPSA) is 50.3 Å². The molecule has 0 radical (unpaired) electrons. The van der Waals surface area contributed by atoms with Crippen molar-refractivity contribution in [3.05, 3.63) is 40.7 Å². The van der Waals surface area contributed by atoms with Gasteiger partial charge in [-0.15, -0.1) is 11.3 Å². The van der Waals surface area contributed by atoms with Gasteiger partial charge in [0.2, 0.25) is 0 Å². The lowest BCUT2D eigenvalue weighted by Crippen LogP contribution is -2.38. The van der Waals surface area contributed by atoms with Crippen LogP contribution in [0.3, 0.4) is 0 Å². The van der Waals surface area contributed by atoms with E-state index in [-0.39, 0.29) is 0 Å². The minimum Gasteiger partial charge on any atom is -0.297 e. The predicted octanol–water partition coefficient (Wildman–Crippen LogP) is 2.82. The highest BCUT2D eigenvalue weighted by atomic mass is 32.2. The van der Waals surface area contributed by atoms with Crippen LogP contribution in [0, 0.1) is 0 Å². The molecule has 0 atom stereocenters. The van der Waals surface area contributed by atoms with E-state index < -0.39 is 9.84 Å². The molecule has 6 heteroatoms. The molecule has 118 valence electrons. The second kappa shape index (κ2) is 6.48. The average molecular weight is 336 g/mol. The lowest BCUT2D eigenvalue weighted by Gasteiger charge is -2.30. The Kier molecular flexibility index (Phi) is 4.61. The molecule has 0 spiro atoms. The third-order valence-corrected chi connectivity index (χ3v) is 6.70. The predicted molar refractivity (Wildman–Crippen MR) is 90.7 cm³/mol. The molecule has 4 nitrogen and oxygen atoms in total. The summed E-state index contributed by atoms with van der Waals surface area (Å²) in [6.45, 7) is 0.780. The summed E-state index contributed by atoms with van der Waals surface area (Å²) >= 11 is 1.67. The van der Waals surface area contributed by atoms with Gasteiger partial charge in [-0.2, -0.15) is 0 Å². The molecule has 1 saturated heterocycles. The van der Waals surface area contributed by atoms with Crippen molar-refractivity contribution < 1.29 is 8.42 Å². The highest BCUT2D eigenvalue weighted by Gasteiger charge is 2.26. The fourth-order valence-electron chi connectivity index (χ4n) is 2.79. The largest absolute Gasteiger partial charge is 0.297 e. The molecule has 2 aromatic rings. The third-order valence-electron chi connectivity index (χ3n) is 4.15. The first-order valence-electron chi connectivity index (χ1n) is 7.44. The van der Waals surface area contributed by atoms with Crippen molar-refractivity contribution in [1.82, 2.24) is 9.88 Å². The van der Waals surface area contributed by atoms with Crippen LogP contribution in [0.25, 0.3) is 11.3 Å². The highest BCUT2D eigenvalue weighted by molar-refractivity contribution is 7.91. The van der Waals surface area contributed by atoms with E-state index >= 15 is 0 Å². The van der Waals surface area contributed by atoms with Crippen molar-refractivity contribution in [3.63, 3.8) is 0 Å². The Bertz CT molecular complexity index is 712. The van der Waals surface area contributed by atoms with Gasteiger partial charge in [0, 0.05) is 17.0 Å². The monoisotopic (exact) mass is 336 g/mol. The van der Waals surface area contributed by atoms with E-state index in [1.54, 1.807) is 11.3 Å². The molecule has 1 aliphatic rings. The van der Waals surface area contributed by atoms with Gasteiger partial charge in [0.15, 0.2) is 0 Å². The molecule has 0 saturated carbocycles. The number of nitrogens with zero attached hydrogens (tertiary/aromatic N) is 2. The first-order chi connectivity index (χ1) is 10.5. The summed E-state index contributed by atoms with van der Waals surface area (Å²) < 4.78 is 23.0.